The maximum atomic E-state index is 12.6. The van der Waals surface area contributed by atoms with E-state index < -0.39 is 17.7 Å². The van der Waals surface area contributed by atoms with Crippen molar-refractivity contribution in [1.82, 2.24) is 0 Å². The number of anilines is 1. The Morgan fingerprint density at radius 2 is 1.71 bits per heavy atom. The van der Waals surface area contributed by atoms with Gasteiger partial charge >= 0.3 is 0 Å². The van der Waals surface area contributed by atoms with E-state index in [1.807, 2.05) is 13.0 Å². The average molecular weight is 424 g/mol. The first-order valence-electron chi connectivity index (χ1n) is 8.16. The Kier molecular flexibility index (Phi) is 7.37. The van der Waals surface area contributed by atoms with E-state index in [0.717, 1.165) is 5.56 Å². The van der Waals surface area contributed by atoms with E-state index in [0.29, 0.717) is 22.2 Å². The predicted octanol–water partition coefficient (Wildman–Crippen LogP) is 5.00. The van der Waals surface area contributed by atoms with Crippen molar-refractivity contribution in [1.29, 1.82) is 0 Å². The van der Waals surface area contributed by atoms with Gasteiger partial charge in [-0.25, -0.2) is 0 Å². The Balaban J connectivity index is 2.29. The Hall–Kier alpha value is -2.64. The van der Waals surface area contributed by atoms with Crippen LogP contribution in [-0.4, -0.2) is 32.0 Å². The van der Waals surface area contributed by atoms with E-state index in [9.17, 15) is 9.59 Å². The molecule has 0 aliphatic rings. The Labute approximate surface area is 172 Å². The van der Waals surface area contributed by atoms with E-state index in [2.05, 4.69) is 15.5 Å². The summed E-state index contributed by atoms with van der Waals surface area (Å²) >= 11 is 12.2. The lowest BCUT2D eigenvalue weighted by molar-refractivity contribution is -0.126. The minimum absolute atomic E-state index is 0.270. The predicted molar refractivity (Wildman–Crippen MR) is 108 cm³/mol. The first kappa shape index (κ1) is 21.7. The lowest BCUT2D eigenvalue weighted by atomic mass is 10.2. The fourth-order valence-electron chi connectivity index (χ4n) is 2.30. The number of ether oxygens (including phenoxy) is 2. The van der Waals surface area contributed by atoms with Crippen molar-refractivity contribution in [3.8, 4) is 11.5 Å². The number of hydrogen-bond donors (Lipinski definition) is 1. The quantitative estimate of drug-likeness (QED) is 0.501. The number of Topliss-reactive ketones (excluding diaryl/α,β-unsaturated/α-hetero) is 1. The molecule has 0 saturated heterocycles. The van der Waals surface area contributed by atoms with Crippen LogP contribution in [-0.2, 0) is 9.59 Å². The minimum atomic E-state index is -1.36. The van der Waals surface area contributed by atoms with Crippen molar-refractivity contribution >= 4 is 46.3 Å². The monoisotopic (exact) mass is 423 g/mol. The molecule has 9 heteroatoms. The van der Waals surface area contributed by atoms with Gasteiger partial charge in [0.15, 0.2) is 5.78 Å². The fourth-order valence-corrected chi connectivity index (χ4v) is 2.69. The number of ketones is 1. The summed E-state index contributed by atoms with van der Waals surface area (Å²) in [6.07, 6.45) is 0. The maximum Gasteiger partial charge on any atom is 0.258 e. The van der Waals surface area contributed by atoms with E-state index in [1.54, 1.807) is 12.1 Å². The first-order chi connectivity index (χ1) is 13.3. The second kappa shape index (κ2) is 9.52. The second-order valence-corrected chi connectivity index (χ2v) is 6.67. The molecule has 28 heavy (non-hydrogen) atoms. The molecule has 0 radical (unpaired) electrons. The zero-order valence-electron chi connectivity index (χ0n) is 15.7. The van der Waals surface area contributed by atoms with Crippen molar-refractivity contribution in [2.75, 3.05) is 19.5 Å². The van der Waals surface area contributed by atoms with Crippen LogP contribution in [0, 0.1) is 6.92 Å². The molecule has 1 amide bonds. The molecule has 0 saturated carbocycles. The van der Waals surface area contributed by atoms with Crippen LogP contribution in [0.5, 0.6) is 11.5 Å². The molecule has 148 valence electrons. The smallest absolute Gasteiger partial charge is 0.258 e. The van der Waals surface area contributed by atoms with Gasteiger partial charge in [0, 0.05) is 6.07 Å². The lowest BCUT2D eigenvalue weighted by Crippen LogP contribution is -2.32. The molecule has 1 N–H and O–H groups in total. The first-order valence-corrected chi connectivity index (χ1v) is 8.92. The van der Waals surface area contributed by atoms with E-state index >= 15 is 0 Å². The normalized spacial score (nSPS) is 11.9. The number of benzene rings is 2. The molecule has 0 heterocycles. The topological polar surface area (TPSA) is 89.3 Å². The Morgan fingerprint density at radius 1 is 1.04 bits per heavy atom. The average Bonchev–Trinajstić information content (AvgIpc) is 2.64. The van der Waals surface area contributed by atoms with Gasteiger partial charge in [0.25, 0.3) is 5.91 Å². The molecule has 0 aliphatic heterocycles. The molecular formula is C19H19Cl2N3O4. The number of aryl methyl sites for hydroxylation is 1. The molecule has 1 atom stereocenters. The molecule has 0 spiro atoms. The number of rotatable bonds is 7. The second-order valence-electron chi connectivity index (χ2n) is 5.86. The van der Waals surface area contributed by atoms with Crippen LogP contribution in [0.15, 0.2) is 40.6 Å². The maximum absolute atomic E-state index is 12.6. The minimum Gasteiger partial charge on any atom is -0.495 e. The molecule has 0 bridgehead atoms. The van der Waals surface area contributed by atoms with Crippen LogP contribution >= 0.6 is 23.2 Å². The largest absolute Gasteiger partial charge is 0.495 e. The fraction of sp³-hybridized carbons (Fsp3) is 0.263. The van der Waals surface area contributed by atoms with Gasteiger partial charge < -0.3 is 14.8 Å². The number of nitrogens with zero attached hydrogens (tertiary/aromatic N) is 2. The van der Waals surface area contributed by atoms with Gasteiger partial charge in [-0.05, 0) is 37.6 Å². The summed E-state index contributed by atoms with van der Waals surface area (Å²) in [4.78, 5) is 24.6. The summed E-state index contributed by atoms with van der Waals surface area (Å²) < 4.78 is 10.3. The van der Waals surface area contributed by atoms with Gasteiger partial charge in [-0.2, -0.15) is 10.2 Å². The number of halogens is 2. The highest BCUT2D eigenvalue weighted by Crippen LogP contribution is 2.36. The van der Waals surface area contributed by atoms with Gasteiger partial charge in [-0.3, -0.25) is 9.59 Å². The van der Waals surface area contributed by atoms with Crippen molar-refractivity contribution in [3.05, 3.63) is 45.9 Å². The third-order valence-electron chi connectivity index (χ3n) is 3.75. The lowest BCUT2D eigenvalue weighted by Gasteiger charge is -2.14. The third kappa shape index (κ3) is 5.21. The number of amides is 1. The standard InChI is InChI=1S/C19H19Cl2N3O4/c1-10-5-6-12(20)14(7-10)23-24-18(11(2)25)19(26)22-15-8-13(21)16(27-3)9-17(15)28-4/h5-9,18H,1-4H3,(H,22,26). The van der Waals surface area contributed by atoms with Crippen molar-refractivity contribution < 1.29 is 19.1 Å². The molecule has 2 aromatic carbocycles. The van der Waals surface area contributed by atoms with Gasteiger partial charge in [0.2, 0.25) is 6.04 Å². The zero-order valence-corrected chi connectivity index (χ0v) is 17.3. The van der Waals surface area contributed by atoms with Crippen LogP contribution in [0.2, 0.25) is 10.0 Å². The Bertz CT molecular complexity index is 932. The van der Waals surface area contributed by atoms with E-state index in [4.69, 9.17) is 32.7 Å². The van der Waals surface area contributed by atoms with Crippen LogP contribution in [0.4, 0.5) is 11.4 Å². The van der Waals surface area contributed by atoms with Gasteiger partial charge in [0.1, 0.15) is 17.2 Å². The highest BCUT2D eigenvalue weighted by molar-refractivity contribution is 6.33. The number of carbonyl (C=O) groups is 2. The number of nitrogens with one attached hydrogen (secondary N) is 1. The molecule has 0 aromatic heterocycles. The van der Waals surface area contributed by atoms with E-state index in [1.165, 1.54) is 33.3 Å². The van der Waals surface area contributed by atoms with E-state index in [-0.39, 0.29) is 10.7 Å². The molecule has 2 rings (SSSR count). The molecular weight excluding hydrogens is 405 g/mol. The SMILES string of the molecule is COc1cc(OC)c(NC(=O)C(N=Nc2cc(C)ccc2Cl)C(C)=O)cc1Cl. The number of methoxy groups -OCH3 is 2. The zero-order chi connectivity index (χ0) is 20.8. The van der Waals surface area contributed by atoms with Crippen molar-refractivity contribution in [3.63, 3.8) is 0 Å². The molecule has 2 aromatic rings. The van der Waals surface area contributed by atoms with Crippen molar-refractivity contribution in [2.45, 2.75) is 19.9 Å². The summed E-state index contributed by atoms with van der Waals surface area (Å²) in [5, 5.41) is 11.1. The van der Waals surface area contributed by atoms with Crippen LogP contribution in [0.25, 0.3) is 0 Å². The highest BCUT2D eigenvalue weighted by Gasteiger charge is 2.25. The molecule has 1 unspecified atom stereocenters. The van der Waals surface area contributed by atoms with Crippen molar-refractivity contribution in [2.24, 2.45) is 10.2 Å². The molecule has 7 nitrogen and oxygen atoms in total. The summed E-state index contributed by atoms with van der Waals surface area (Å²) in [7, 11) is 2.89. The third-order valence-corrected chi connectivity index (χ3v) is 4.36. The number of azo groups is 1. The van der Waals surface area contributed by atoms with Crippen LogP contribution < -0.4 is 14.8 Å². The van der Waals surface area contributed by atoms with Gasteiger partial charge in [-0.15, -0.1) is 0 Å². The molecule has 0 aliphatic carbocycles. The van der Waals surface area contributed by atoms with Gasteiger partial charge in [-0.1, -0.05) is 29.3 Å². The Morgan fingerprint density at radius 3 is 2.32 bits per heavy atom. The summed E-state index contributed by atoms with van der Waals surface area (Å²) in [6, 6.07) is 6.81. The highest BCUT2D eigenvalue weighted by atomic mass is 35.5. The van der Waals surface area contributed by atoms with Gasteiger partial charge in [0.05, 0.1) is 30.0 Å². The summed E-state index contributed by atoms with van der Waals surface area (Å²) in [6.45, 7) is 3.11. The summed E-state index contributed by atoms with van der Waals surface area (Å²) in [5.74, 6) is -0.466. The number of carbonyl (C=O) groups excluding carboxylic acids is 2. The summed E-state index contributed by atoms with van der Waals surface area (Å²) in [5.41, 5.74) is 1.55. The molecule has 0 fully saturated rings. The van der Waals surface area contributed by atoms with Crippen LogP contribution in [0.3, 0.4) is 0 Å². The van der Waals surface area contributed by atoms with Crippen LogP contribution in [0.1, 0.15) is 12.5 Å². The number of hydrogen-bond acceptors (Lipinski definition) is 6.